The maximum atomic E-state index is 13.1. The van der Waals surface area contributed by atoms with E-state index < -0.39 is 46.8 Å². The Morgan fingerprint density at radius 3 is 2.43 bits per heavy atom. The first-order chi connectivity index (χ1) is 14.0. The molecule has 1 atom stereocenters. The molecule has 2 aromatic carbocycles. The van der Waals surface area contributed by atoms with Gasteiger partial charge in [0.1, 0.15) is 11.6 Å². The summed E-state index contributed by atoms with van der Waals surface area (Å²) in [6, 6.07) is 6.92. The second-order valence-electron chi connectivity index (χ2n) is 6.41. The number of hydrogen-bond donors (Lipinski definition) is 3. The number of carbonyl (C=O) groups excluding carboxylic acids is 1. The summed E-state index contributed by atoms with van der Waals surface area (Å²) in [5, 5.41) is 20.8. The molecular weight excluding hydrogens is 407 g/mol. The first-order valence-electron chi connectivity index (χ1n) is 8.50. The van der Waals surface area contributed by atoms with Gasteiger partial charge in [-0.25, -0.2) is 4.79 Å². The molecule has 1 aromatic heterocycles. The van der Waals surface area contributed by atoms with Crippen LogP contribution in [0.4, 0.5) is 13.2 Å². The predicted molar refractivity (Wildman–Crippen MR) is 99.2 cm³/mol. The van der Waals surface area contributed by atoms with Crippen molar-refractivity contribution in [3.8, 4) is 17.1 Å². The van der Waals surface area contributed by atoms with Crippen LogP contribution in [-0.2, 0) is 11.0 Å². The van der Waals surface area contributed by atoms with Gasteiger partial charge >= 0.3 is 17.8 Å². The zero-order chi connectivity index (χ0) is 22.2. The Labute approximate surface area is 166 Å². The summed E-state index contributed by atoms with van der Waals surface area (Å²) in [5.41, 5.74) is -2.77. The van der Waals surface area contributed by atoms with Crippen molar-refractivity contribution < 1.29 is 37.4 Å². The number of carboxylic acid groups (broad SMARTS) is 1. The number of rotatable bonds is 4. The van der Waals surface area contributed by atoms with Crippen LogP contribution in [0.2, 0.25) is 0 Å². The highest BCUT2D eigenvalue weighted by Crippen LogP contribution is 2.37. The SMILES string of the molecule is C[C@H](NC(=O)c1c(=O)oc(O)c2cccc(-c3cccc(C(F)(F)F)c3)c12)C(=O)O. The molecule has 0 aliphatic heterocycles. The van der Waals surface area contributed by atoms with Gasteiger partial charge in [0.2, 0.25) is 0 Å². The molecular formula is C20H14F3NO6. The van der Waals surface area contributed by atoms with E-state index in [0.717, 1.165) is 25.1 Å². The lowest BCUT2D eigenvalue weighted by molar-refractivity contribution is -0.139. The Bertz CT molecular complexity index is 1220. The number of nitrogens with one attached hydrogen (secondary N) is 1. The molecule has 0 fully saturated rings. The van der Waals surface area contributed by atoms with E-state index >= 15 is 0 Å². The van der Waals surface area contributed by atoms with Crippen LogP contribution in [0.5, 0.6) is 5.95 Å². The van der Waals surface area contributed by atoms with E-state index in [1.807, 2.05) is 0 Å². The minimum Gasteiger partial charge on any atom is -0.480 e. The van der Waals surface area contributed by atoms with Gasteiger partial charge in [-0.05, 0) is 36.2 Å². The van der Waals surface area contributed by atoms with Crippen LogP contribution < -0.4 is 10.9 Å². The number of benzene rings is 2. The lowest BCUT2D eigenvalue weighted by atomic mass is 9.94. The zero-order valence-corrected chi connectivity index (χ0v) is 15.3. The number of amides is 1. The molecule has 0 radical (unpaired) electrons. The van der Waals surface area contributed by atoms with Crippen molar-refractivity contribution in [2.75, 3.05) is 0 Å². The van der Waals surface area contributed by atoms with Crippen LogP contribution >= 0.6 is 0 Å². The summed E-state index contributed by atoms with van der Waals surface area (Å²) in [6.45, 7) is 1.16. The fraction of sp³-hybridized carbons (Fsp3) is 0.150. The molecule has 0 saturated carbocycles. The first kappa shape index (κ1) is 20.9. The monoisotopic (exact) mass is 421 g/mol. The smallest absolute Gasteiger partial charge is 0.416 e. The van der Waals surface area contributed by atoms with Crippen molar-refractivity contribution in [3.05, 3.63) is 64.0 Å². The third kappa shape index (κ3) is 3.84. The van der Waals surface area contributed by atoms with E-state index in [0.29, 0.717) is 0 Å². The summed E-state index contributed by atoms with van der Waals surface area (Å²) in [7, 11) is 0. The molecule has 0 aliphatic rings. The Morgan fingerprint density at radius 2 is 1.80 bits per heavy atom. The van der Waals surface area contributed by atoms with Crippen LogP contribution in [0.15, 0.2) is 51.7 Å². The van der Waals surface area contributed by atoms with Crippen LogP contribution in [0.25, 0.3) is 21.9 Å². The van der Waals surface area contributed by atoms with Gasteiger partial charge in [0.05, 0.1) is 10.9 Å². The summed E-state index contributed by atoms with van der Waals surface area (Å²) in [6.07, 6.45) is -4.63. The lowest BCUT2D eigenvalue weighted by Crippen LogP contribution is -2.40. The average Bonchev–Trinajstić information content (AvgIpc) is 2.67. The minimum atomic E-state index is -4.63. The molecule has 0 saturated heterocycles. The predicted octanol–water partition coefficient (Wildman–Crippen LogP) is 3.39. The Morgan fingerprint density at radius 1 is 1.13 bits per heavy atom. The number of hydrogen-bond acceptors (Lipinski definition) is 5. The van der Waals surface area contributed by atoms with Gasteiger partial charge in [-0.15, -0.1) is 0 Å². The van der Waals surface area contributed by atoms with Gasteiger partial charge in [-0.1, -0.05) is 24.3 Å². The normalized spacial score (nSPS) is 12.5. The molecule has 10 heteroatoms. The highest BCUT2D eigenvalue weighted by molar-refractivity contribution is 6.13. The Hall–Kier alpha value is -3.82. The Balaban J connectivity index is 2.31. The summed E-state index contributed by atoms with van der Waals surface area (Å²) in [4.78, 5) is 36.0. The van der Waals surface area contributed by atoms with Crippen molar-refractivity contribution in [1.29, 1.82) is 0 Å². The first-order valence-corrected chi connectivity index (χ1v) is 8.50. The third-order valence-corrected chi connectivity index (χ3v) is 4.38. The van der Waals surface area contributed by atoms with Crippen molar-refractivity contribution in [2.45, 2.75) is 19.1 Å². The number of halogens is 3. The zero-order valence-electron chi connectivity index (χ0n) is 15.3. The molecule has 1 heterocycles. The standard InChI is InChI=1S/C20H14F3NO6/c1-9(17(26)27)24-16(25)15-14-12(6-3-7-13(14)18(28)30-19(15)29)10-4-2-5-11(8-10)20(21,22)23/h2-9,28H,1H3,(H,24,25)(H,26,27)/t9-/m0/s1. The van der Waals surface area contributed by atoms with Crippen LogP contribution in [-0.4, -0.2) is 28.1 Å². The third-order valence-electron chi connectivity index (χ3n) is 4.38. The van der Waals surface area contributed by atoms with Gasteiger partial charge < -0.3 is 19.9 Å². The minimum absolute atomic E-state index is 0.0285. The molecule has 0 aliphatic carbocycles. The van der Waals surface area contributed by atoms with Crippen molar-refractivity contribution >= 4 is 22.6 Å². The van der Waals surface area contributed by atoms with Crippen LogP contribution in [0, 0.1) is 0 Å². The fourth-order valence-electron chi connectivity index (χ4n) is 2.94. The van der Waals surface area contributed by atoms with E-state index in [-0.39, 0.29) is 21.9 Å². The summed E-state index contributed by atoms with van der Waals surface area (Å²) in [5.74, 6) is -3.30. The maximum Gasteiger partial charge on any atom is 0.416 e. The molecule has 3 aromatic rings. The number of aromatic hydroxyl groups is 1. The fourth-order valence-corrected chi connectivity index (χ4v) is 2.94. The van der Waals surface area contributed by atoms with Gasteiger partial charge in [-0.2, -0.15) is 13.2 Å². The molecule has 0 bridgehead atoms. The molecule has 156 valence electrons. The van der Waals surface area contributed by atoms with E-state index in [1.54, 1.807) is 0 Å². The Kier molecular flexibility index (Phi) is 5.26. The van der Waals surface area contributed by atoms with Gasteiger partial charge in [0.15, 0.2) is 0 Å². The number of alkyl halides is 3. The van der Waals surface area contributed by atoms with Crippen LogP contribution in [0.3, 0.4) is 0 Å². The second-order valence-corrected chi connectivity index (χ2v) is 6.41. The lowest BCUT2D eigenvalue weighted by Gasteiger charge is -2.14. The summed E-state index contributed by atoms with van der Waals surface area (Å²) >= 11 is 0. The van der Waals surface area contributed by atoms with Crippen molar-refractivity contribution in [1.82, 2.24) is 5.32 Å². The van der Waals surface area contributed by atoms with Crippen molar-refractivity contribution in [3.63, 3.8) is 0 Å². The average molecular weight is 421 g/mol. The van der Waals surface area contributed by atoms with E-state index in [2.05, 4.69) is 9.73 Å². The molecule has 0 unspecified atom stereocenters. The van der Waals surface area contributed by atoms with Crippen molar-refractivity contribution in [2.24, 2.45) is 0 Å². The van der Waals surface area contributed by atoms with Gasteiger partial charge in [-0.3, -0.25) is 9.59 Å². The molecule has 3 N–H and O–H groups in total. The molecule has 3 rings (SSSR count). The molecule has 30 heavy (non-hydrogen) atoms. The summed E-state index contributed by atoms with van der Waals surface area (Å²) < 4.78 is 44.0. The van der Waals surface area contributed by atoms with E-state index in [9.17, 15) is 32.7 Å². The second kappa shape index (κ2) is 7.54. The van der Waals surface area contributed by atoms with Gasteiger partial charge in [0, 0.05) is 5.39 Å². The molecule has 0 spiro atoms. The van der Waals surface area contributed by atoms with E-state index in [1.165, 1.54) is 24.3 Å². The number of carbonyl (C=O) groups is 2. The topological polar surface area (TPSA) is 117 Å². The molecule has 7 nitrogen and oxygen atoms in total. The van der Waals surface area contributed by atoms with Crippen LogP contribution in [0.1, 0.15) is 22.8 Å². The van der Waals surface area contributed by atoms with E-state index in [4.69, 9.17) is 5.11 Å². The quantitative estimate of drug-likeness (QED) is 0.595. The number of aliphatic carboxylic acids is 1. The highest BCUT2D eigenvalue weighted by Gasteiger charge is 2.31. The number of carboxylic acids is 1. The van der Waals surface area contributed by atoms with Gasteiger partial charge in [0.25, 0.3) is 11.9 Å². The number of fused-ring (bicyclic) bond motifs is 1. The largest absolute Gasteiger partial charge is 0.480 e. The highest BCUT2D eigenvalue weighted by atomic mass is 19.4. The maximum absolute atomic E-state index is 13.1. The molecule has 1 amide bonds.